The van der Waals surface area contributed by atoms with E-state index in [1.165, 1.54) is 11.1 Å². The molecule has 0 radical (unpaired) electrons. The minimum atomic E-state index is -0.912. The predicted molar refractivity (Wildman–Crippen MR) is 126 cm³/mol. The fraction of sp³-hybridized carbons (Fsp3) is 0.462. The molecule has 0 saturated carbocycles. The monoisotopic (exact) mass is 468 g/mol. The van der Waals surface area contributed by atoms with E-state index in [1.54, 1.807) is 53.7 Å². The molecule has 2 aromatic rings. The number of aromatic nitrogens is 1. The second-order valence-corrected chi connectivity index (χ2v) is 10.2. The molecular formula is C26H32N2O6. The minimum absolute atomic E-state index is 0.0279. The zero-order valence-corrected chi connectivity index (χ0v) is 20.5. The van der Waals surface area contributed by atoms with Crippen LogP contribution in [0.5, 0.6) is 0 Å². The Morgan fingerprint density at radius 1 is 0.912 bits per heavy atom. The fourth-order valence-electron chi connectivity index (χ4n) is 3.51. The van der Waals surface area contributed by atoms with Gasteiger partial charge in [-0.3, -0.25) is 9.88 Å². The highest BCUT2D eigenvalue weighted by Gasteiger charge is 2.45. The third-order valence-corrected chi connectivity index (χ3v) is 4.91. The number of ether oxygens (including phenoxy) is 3. The van der Waals surface area contributed by atoms with Crippen LogP contribution in [-0.2, 0) is 19.0 Å². The summed E-state index contributed by atoms with van der Waals surface area (Å²) in [7, 11) is 0. The molecule has 1 fully saturated rings. The minimum Gasteiger partial charge on any atom is -0.458 e. The van der Waals surface area contributed by atoms with E-state index in [-0.39, 0.29) is 18.5 Å². The predicted octanol–water partition coefficient (Wildman–Crippen LogP) is 4.63. The van der Waals surface area contributed by atoms with Crippen molar-refractivity contribution in [3.05, 3.63) is 54.2 Å². The zero-order valence-electron chi connectivity index (χ0n) is 20.5. The number of likely N-dealkylation sites (tertiary alicyclic amines) is 1. The van der Waals surface area contributed by atoms with Gasteiger partial charge in [-0.15, -0.1) is 0 Å². The first-order valence-electron chi connectivity index (χ1n) is 11.3. The van der Waals surface area contributed by atoms with Gasteiger partial charge in [-0.1, -0.05) is 30.3 Å². The number of hydrogen-bond donors (Lipinski definition) is 0. The van der Waals surface area contributed by atoms with Gasteiger partial charge in [-0.2, -0.15) is 0 Å². The molecule has 2 heterocycles. The van der Waals surface area contributed by atoms with Crippen LogP contribution < -0.4 is 0 Å². The van der Waals surface area contributed by atoms with E-state index in [1.807, 2.05) is 30.3 Å². The second kappa shape index (κ2) is 9.83. The molecule has 0 spiro atoms. The Bertz CT molecular complexity index is 986. The van der Waals surface area contributed by atoms with Gasteiger partial charge >= 0.3 is 18.0 Å². The summed E-state index contributed by atoms with van der Waals surface area (Å²) in [6, 6.07) is 12.1. The van der Waals surface area contributed by atoms with Crippen LogP contribution in [-0.4, -0.2) is 57.8 Å². The fourth-order valence-corrected chi connectivity index (χ4v) is 3.51. The number of carbonyl (C=O) groups excluding carboxylic acids is 3. The van der Waals surface area contributed by atoms with E-state index in [2.05, 4.69) is 4.98 Å². The third kappa shape index (κ3) is 6.79. The summed E-state index contributed by atoms with van der Waals surface area (Å²) in [6.45, 7) is 10.5. The summed E-state index contributed by atoms with van der Waals surface area (Å²) < 4.78 is 16.6. The van der Waals surface area contributed by atoms with Crippen LogP contribution in [0.3, 0.4) is 0 Å². The first kappa shape index (κ1) is 25.2. The molecule has 0 aliphatic carbocycles. The summed E-state index contributed by atoms with van der Waals surface area (Å²) >= 11 is 0. The standard InChI is InChI=1S/C26H32N2O6/c1-25(2,3)33-23(30)21-14-19(16-28(21)24(31)34-26(4,5)6)32-22(29)18-12-13-20(27-15-18)17-10-8-7-9-11-17/h7-13,15,19,21H,14,16H2,1-6H3/t19-,21-/m0/s1. The summed E-state index contributed by atoms with van der Waals surface area (Å²) in [5, 5.41) is 0. The van der Waals surface area contributed by atoms with Gasteiger partial charge in [0.05, 0.1) is 17.8 Å². The number of amides is 1. The molecule has 0 N–H and O–H groups in total. The van der Waals surface area contributed by atoms with E-state index in [0.29, 0.717) is 0 Å². The molecule has 1 aliphatic rings. The van der Waals surface area contributed by atoms with Gasteiger partial charge in [0.1, 0.15) is 23.3 Å². The van der Waals surface area contributed by atoms with Crippen LogP contribution in [0, 0.1) is 0 Å². The van der Waals surface area contributed by atoms with Gasteiger partial charge in [-0.05, 0) is 53.7 Å². The van der Waals surface area contributed by atoms with E-state index in [9.17, 15) is 14.4 Å². The summed E-state index contributed by atoms with van der Waals surface area (Å²) in [6.07, 6.45) is 0.230. The quantitative estimate of drug-likeness (QED) is 0.477. The van der Waals surface area contributed by atoms with Crippen molar-refractivity contribution in [3.63, 3.8) is 0 Å². The highest BCUT2D eigenvalue weighted by molar-refractivity contribution is 5.90. The Hall–Kier alpha value is -3.42. The van der Waals surface area contributed by atoms with Crippen LogP contribution in [0.2, 0.25) is 0 Å². The van der Waals surface area contributed by atoms with Gasteiger partial charge in [0.25, 0.3) is 0 Å². The lowest BCUT2D eigenvalue weighted by atomic mass is 10.1. The molecule has 2 atom stereocenters. The van der Waals surface area contributed by atoms with Gasteiger partial charge < -0.3 is 14.2 Å². The lowest BCUT2D eigenvalue weighted by Gasteiger charge is -2.29. The van der Waals surface area contributed by atoms with Crippen molar-refractivity contribution in [2.45, 2.75) is 71.3 Å². The number of carbonyl (C=O) groups is 3. The van der Waals surface area contributed by atoms with Crippen molar-refractivity contribution in [3.8, 4) is 11.3 Å². The number of hydrogen-bond acceptors (Lipinski definition) is 7. The summed E-state index contributed by atoms with van der Waals surface area (Å²) in [4.78, 5) is 43.9. The van der Waals surface area contributed by atoms with E-state index in [4.69, 9.17) is 14.2 Å². The SMILES string of the molecule is CC(C)(C)OC(=O)[C@@H]1C[C@H](OC(=O)c2ccc(-c3ccccc3)nc2)CN1C(=O)OC(C)(C)C. The molecule has 3 rings (SSSR count). The van der Waals surface area contributed by atoms with Crippen LogP contribution in [0.25, 0.3) is 11.3 Å². The number of esters is 2. The van der Waals surface area contributed by atoms with Crippen LogP contribution in [0.15, 0.2) is 48.7 Å². The second-order valence-electron chi connectivity index (χ2n) is 10.2. The Morgan fingerprint density at radius 2 is 1.56 bits per heavy atom. The van der Waals surface area contributed by atoms with Crippen molar-refractivity contribution in [1.82, 2.24) is 9.88 Å². The molecule has 1 aromatic heterocycles. The average Bonchev–Trinajstić information content (AvgIpc) is 3.16. The molecule has 34 heavy (non-hydrogen) atoms. The summed E-state index contributed by atoms with van der Waals surface area (Å²) in [5.74, 6) is -1.14. The van der Waals surface area contributed by atoms with Gasteiger partial charge in [0.2, 0.25) is 0 Å². The summed E-state index contributed by atoms with van der Waals surface area (Å²) in [5.41, 5.74) is 0.489. The third-order valence-electron chi connectivity index (χ3n) is 4.91. The number of pyridine rings is 1. The van der Waals surface area contributed by atoms with Crippen molar-refractivity contribution < 1.29 is 28.6 Å². The highest BCUT2D eigenvalue weighted by Crippen LogP contribution is 2.27. The Balaban J connectivity index is 1.71. The first-order valence-corrected chi connectivity index (χ1v) is 11.3. The Morgan fingerprint density at radius 3 is 2.12 bits per heavy atom. The molecule has 1 amide bonds. The molecule has 0 bridgehead atoms. The van der Waals surface area contributed by atoms with Crippen molar-refractivity contribution in [2.24, 2.45) is 0 Å². The Kier molecular flexibility index (Phi) is 7.29. The molecular weight excluding hydrogens is 436 g/mol. The molecule has 1 aromatic carbocycles. The van der Waals surface area contributed by atoms with Crippen LogP contribution >= 0.6 is 0 Å². The lowest BCUT2D eigenvalue weighted by molar-refractivity contribution is -0.160. The molecule has 8 nitrogen and oxygen atoms in total. The van der Waals surface area contributed by atoms with Crippen molar-refractivity contribution in [2.75, 3.05) is 6.54 Å². The maximum absolute atomic E-state index is 12.8. The first-order chi connectivity index (χ1) is 15.8. The smallest absolute Gasteiger partial charge is 0.411 e. The van der Waals surface area contributed by atoms with E-state index >= 15 is 0 Å². The van der Waals surface area contributed by atoms with Gasteiger partial charge in [-0.25, -0.2) is 14.4 Å². The van der Waals surface area contributed by atoms with Crippen LogP contribution in [0.4, 0.5) is 4.79 Å². The zero-order chi connectivity index (χ0) is 25.1. The number of rotatable bonds is 4. The van der Waals surface area contributed by atoms with Gasteiger partial charge in [0, 0.05) is 18.2 Å². The van der Waals surface area contributed by atoms with E-state index < -0.39 is 41.4 Å². The molecule has 0 unspecified atom stereocenters. The highest BCUT2D eigenvalue weighted by atomic mass is 16.6. The molecule has 8 heteroatoms. The topological polar surface area (TPSA) is 95.0 Å². The van der Waals surface area contributed by atoms with Crippen LogP contribution in [0.1, 0.15) is 58.3 Å². The number of benzene rings is 1. The normalized spacial score (nSPS) is 18.4. The molecule has 1 aliphatic heterocycles. The average molecular weight is 469 g/mol. The van der Waals surface area contributed by atoms with Crippen molar-refractivity contribution >= 4 is 18.0 Å². The molecule has 1 saturated heterocycles. The maximum atomic E-state index is 12.8. The van der Waals surface area contributed by atoms with Gasteiger partial charge in [0.15, 0.2) is 0 Å². The number of nitrogens with zero attached hydrogens (tertiary/aromatic N) is 2. The van der Waals surface area contributed by atoms with E-state index in [0.717, 1.165) is 11.3 Å². The molecule has 182 valence electrons. The lowest BCUT2D eigenvalue weighted by Crippen LogP contribution is -2.45. The van der Waals surface area contributed by atoms with Crippen molar-refractivity contribution in [1.29, 1.82) is 0 Å². The maximum Gasteiger partial charge on any atom is 0.411 e. The largest absolute Gasteiger partial charge is 0.458 e. The Labute approximate surface area is 200 Å².